The van der Waals surface area contributed by atoms with Gasteiger partial charge in [0.15, 0.2) is 5.84 Å². The SMILES string of the molecule is Fc1ccc(C2=NN=C[N]2)c(F)c1. The van der Waals surface area contributed by atoms with Gasteiger partial charge in [-0.05, 0) is 12.1 Å². The Hall–Kier alpha value is -1.78. The van der Waals surface area contributed by atoms with Gasteiger partial charge >= 0.3 is 0 Å². The minimum atomic E-state index is -0.687. The molecule has 0 N–H and O–H groups in total. The summed E-state index contributed by atoms with van der Waals surface area (Å²) in [6, 6.07) is 3.21. The molecule has 1 heterocycles. The minimum absolute atomic E-state index is 0.152. The first kappa shape index (κ1) is 7.85. The molecule has 5 heteroatoms. The first-order chi connectivity index (χ1) is 6.27. The number of amidine groups is 1. The van der Waals surface area contributed by atoms with Gasteiger partial charge in [-0.2, -0.15) is 0 Å². The molecule has 2 rings (SSSR count). The van der Waals surface area contributed by atoms with E-state index in [0.29, 0.717) is 0 Å². The lowest BCUT2D eigenvalue weighted by molar-refractivity contribution is 0.581. The minimum Gasteiger partial charge on any atom is -0.213 e. The van der Waals surface area contributed by atoms with Crippen LogP contribution in [-0.2, 0) is 0 Å². The Balaban J connectivity index is 2.41. The lowest BCUT2D eigenvalue weighted by atomic mass is 10.2. The van der Waals surface area contributed by atoms with Gasteiger partial charge in [0.25, 0.3) is 0 Å². The van der Waals surface area contributed by atoms with Gasteiger partial charge in [0.1, 0.15) is 18.0 Å². The molecule has 0 bridgehead atoms. The largest absolute Gasteiger partial charge is 0.213 e. The summed E-state index contributed by atoms with van der Waals surface area (Å²) in [5.41, 5.74) is 0.152. The maximum Gasteiger partial charge on any atom is 0.186 e. The molecule has 0 spiro atoms. The highest BCUT2D eigenvalue weighted by atomic mass is 19.1. The van der Waals surface area contributed by atoms with E-state index in [4.69, 9.17) is 0 Å². The molecule has 0 aromatic heterocycles. The van der Waals surface area contributed by atoms with Gasteiger partial charge in [-0.1, -0.05) is 0 Å². The molecule has 0 saturated heterocycles. The molecule has 3 nitrogen and oxygen atoms in total. The number of halogens is 2. The van der Waals surface area contributed by atoms with Gasteiger partial charge in [0.05, 0.1) is 5.56 Å². The fourth-order valence-corrected chi connectivity index (χ4v) is 0.981. The fraction of sp³-hybridized carbons (Fsp3) is 0. The summed E-state index contributed by atoms with van der Waals surface area (Å²) >= 11 is 0. The van der Waals surface area contributed by atoms with E-state index in [2.05, 4.69) is 15.5 Å². The van der Waals surface area contributed by atoms with Gasteiger partial charge in [-0.3, -0.25) is 0 Å². The van der Waals surface area contributed by atoms with Crippen LogP contribution in [0, 0.1) is 11.6 Å². The van der Waals surface area contributed by atoms with Gasteiger partial charge in [0, 0.05) is 6.07 Å². The van der Waals surface area contributed by atoms with E-state index in [9.17, 15) is 8.78 Å². The molecule has 13 heavy (non-hydrogen) atoms. The summed E-state index contributed by atoms with van der Waals surface area (Å²) in [7, 11) is 0. The average Bonchev–Trinajstić information content (AvgIpc) is 2.56. The molecule has 1 aromatic carbocycles. The van der Waals surface area contributed by atoms with E-state index >= 15 is 0 Å². The van der Waals surface area contributed by atoms with Crippen LogP contribution in [0.1, 0.15) is 5.56 Å². The predicted octanol–water partition coefficient (Wildman–Crippen LogP) is 1.27. The molecule has 1 aromatic rings. The van der Waals surface area contributed by atoms with Crippen LogP contribution >= 0.6 is 0 Å². The van der Waals surface area contributed by atoms with Gasteiger partial charge in [0.2, 0.25) is 0 Å². The van der Waals surface area contributed by atoms with Gasteiger partial charge in [-0.15, -0.1) is 10.2 Å². The van der Waals surface area contributed by atoms with Crippen LogP contribution < -0.4 is 5.32 Å². The number of benzene rings is 1. The second-order valence-corrected chi connectivity index (χ2v) is 2.41. The van der Waals surface area contributed by atoms with Crippen molar-refractivity contribution >= 4 is 12.2 Å². The van der Waals surface area contributed by atoms with E-state index in [0.717, 1.165) is 12.1 Å². The van der Waals surface area contributed by atoms with Crippen molar-refractivity contribution in [2.24, 2.45) is 10.2 Å². The lowest BCUT2D eigenvalue weighted by Gasteiger charge is -1.99. The Bertz CT molecular complexity index is 398. The van der Waals surface area contributed by atoms with Crippen LogP contribution in [0.25, 0.3) is 0 Å². The molecule has 0 amide bonds. The zero-order valence-electron chi connectivity index (χ0n) is 6.41. The first-order valence-corrected chi connectivity index (χ1v) is 3.53. The Morgan fingerprint density at radius 2 is 2.00 bits per heavy atom. The monoisotopic (exact) mass is 180 g/mol. The summed E-state index contributed by atoms with van der Waals surface area (Å²) in [4.78, 5) is 0. The highest BCUT2D eigenvalue weighted by Crippen LogP contribution is 2.11. The summed E-state index contributed by atoms with van der Waals surface area (Å²) in [5, 5.41) is 10.7. The van der Waals surface area contributed by atoms with Crippen LogP contribution in [0.15, 0.2) is 28.4 Å². The average molecular weight is 180 g/mol. The van der Waals surface area contributed by atoms with Crippen molar-refractivity contribution in [2.45, 2.75) is 0 Å². The Morgan fingerprint density at radius 3 is 2.62 bits per heavy atom. The molecule has 1 aliphatic heterocycles. The second kappa shape index (κ2) is 2.93. The lowest BCUT2D eigenvalue weighted by Crippen LogP contribution is -2.12. The zero-order valence-corrected chi connectivity index (χ0v) is 6.41. The molecule has 0 unspecified atom stereocenters. The summed E-state index contributed by atoms with van der Waals surface area (Å²) in [6.07, 6.45) is 1.21. The Kier molecular flexibility index (Phi) is 1.77. The topological polar surface area (TPSA) is 38.8 Å². The van der Waals surface area contributed by atoms with Gasteiger partial charge < -0.3 is 0 Å². The van der Waals surface area contributed by atoms with Crippen molar-refractivity contribution in [1.29, 1.82) is 0 Å². The van der Waals surface area contributed by atoms with Crippen LogP contribution in [0.2, 0.25) is 0 Å². The van der Waals surface area contributed by atoms with Crippen LogP contribution in [0.5, 0.6) is 0 Å². The Labute approximate surface area is 72.8 Å². The quantitative estimate of drug-likeness (QED) is 0.624. The molecule has 0 fully saturated rings. The molecule has 0 aliphatic carbocycles. The van der Waals surface area contributed by atoms with Crippen molar-refractivity contribution in [3.05, 3.63) is 35.4 Å². The van der Waals surface area contributed by atoms with E-state index in [-0.39, 0.29) is 11.4 Å². The predicted molar refractivity (Wildman–Crippen MR) is 43.5 cm³/mol. The summed E-state index contributed by atoms with van der Waals surface area (Å²) in [6.45, 7) is 0. The third-order valence-corrected chi connectivity index (χ3v) is 1.56. The van der Waals surface area contributed by atoms with E-state index in [1.807, 2.05) is 0 Å². The van der Waals surface area contributed by atoms with Crippen molar-refractivity contribution in [2.75, 3.05) is 0 Å². The van der Waals surface area contributed by atoms with Crippen LogP contribution in [-0.4, -0.2) is 12.2 Å². The number of hydrogen-bond acceptors (Lipinski definition) is 2. The maximum atomic E-state index is 13.1. The fourth-order valence-electron chi connectivity index (χ4n) is 0.981. The number of rotatable bonds is 1. The maximum absolute atomic E-state index is 13.1. The highest BCUT2D eigenvalue weighted by molar-refractivity contribution is 6.06. The third-order valence-electron chi connectivity index (χ3n) is 1.56. The second-order valence-electron chi connectivity index (χ2n) is 2.41. The first-order valence-electron chi connectivity index (χ1n) is 3.53. The van der Waals surface area contributed by atoms with Crippen molar-refractivity contribution in [3.8, 4) is 0 Å². The normalized spacial score (nSPS) is 14.2. The van der Waals surface area contributed by atoms with E-state index in [1.165, 1.54) is 12.4 Å². The molecule has 1 radical (unpaired) electrons. The number of nitrogens with zero attached hydrogens (tertiary/aromatic N) is 3. The highest BCUT2D eigenvalue weighted by Gasteiger charge is 2.13. The molecule has 0 atom stereocenters. The third kappa shape index (κ3) is 1.40. The van der Waals surface area contributed by atoms with Crippen molar-refractivity contribution < 1.29 is 8.78 Å². The molecule has 0 saturated carbocycles. The summed E-state index contributed by atoms with van der Waals surface area (Å²) < 4.78 is 25.6. The molecular formula is C8H4F2N3. The van der Waals surface area contributed by atoms with Crippen LogP contribution in [0.3, 0.4) is 0 Å². The molecular weight excluding hydrogens is 176 g/mol. The van der Waals surface area contributed by atoms with E-state index in [1.54, 1.807) is 0 Å². The van der Waals surface area contributed by atoms with Crippen molar-refractivity contribution in [1.82, 2.24) is 5.32 Å². The Morgan fingerprint density at radius 1 is 1.15 bits per heavy atom. The van der Waals surface area contributed by atoms with Crippen LogP contribution in [0.4, 0.5) is 8.78 Å². The molecule has 65 valence electrons. The molecule has 1 aliphatic rings. The zero-order chi connectivity index (χ0) is 9.26. The van der Waals surface area contributed by atoms with Crippen molar-refractivity contribution in [3.63, 3.8) is 0 Å². The summed E-state index contributed by atoms with van der Waals surface area (Å²) in [5.74, 6) is -1.15. The standard InChI is InChI=1S/C8H4F2N3/c9-5-1-2-6(7(10)3-5)8-11-4-12-13-8/h1-4H. The van der Waals surface area contributed by atoms with E-state index < -0.39 is 11.6 Å². The van der Waals surface area contributed by atoms with Gasteiger partial charge in [-0.25, -0.2) is 14.1 Å². The smallest absolute Gasteiger partial charge is 0.186 e. The number of hydrogen-bond donors (Lipinski definition) is 0.